The fourth-order valence-corrected chi connectivity index (χ4v) is 2.02. The minimum Gasteiger partial charge on any atom is -0.397 e. The molecule has 0 aliphatic rings. The second-order valence-corrected chi connectivity index (χ2v) is 6.29. The number of nitrogens with one attached hydrogen (secondary N) is 1. The lowest BCUT2D eigenvalue weighted by Crippen LogP contribution is -2.41. The summed E-state index contributed by atoms with van der Waals surface area (Å²) in [4.78, 5) is 12.1. The monoisotopic (exact) mass is 366 g/mol. The summed E-state index contributed by atoms with van der Waals surface area (Å²) < 4.78 is 38.7. The summed E-state index contributed by atoms with van der Waals surface area (Å²) in [7, 11) is 0. The van der Waals surface area contributed by atoms with Gasteiger partial charge >= 0.3 is 6.18 Å². The first-order valence-corrected chi connectivity index (χ1v) is 7.21. The number of hydrogen-bond donors (Lipinski definition) is 2. The predicted molar refractivity (Wildman–Crippen MR) is 80.3 cm³/mol. The number of carbonyl (C=O) groups is 1. The number of alkyl halides is 3. The molecule has 0 fully saturated rings. The smallest absolute Gasteiger partial charge is 0.397 e. The third kappa shape index (κ3) is 4.71. The van der Waals surface area contributed by atoms with Crippen LogP contribution in [0.25, 0.3) is 0 Å². The van der Waals surface area contributed by atoms with Gasteiger partial charge in [-0.2, -0.15) is 13.2 Å². The minimum absolute atomic E-state index is 0.0252. The number of nitrogen functional groups attached to an aromatic ring is 1. The molecular weight excluding hydrogens is 349 g/mol. The van der Waals surface area contributed by atoms with E-state index >= 15 is 0 Å². The van der Waals surface area contributed by atoms with Gasteiger partial charge in [0.1, 0.15) is 0 Å². The third-order valence-electron chi connectivity index (χ3n) is 3.37. The van der Waals surface area contributed by atoms with Crippen molar-refractivity contribution in [2.24, 2.45) is 0 Å². The van der Waals surface area contributed by atoms with Crippen molar-refractivity contribution in [2.75, 3.05) is 12.3 Å². The molecule has 0 amide bonds. The molecule has 3 N–H and O–H groups in total. The molecule has 0 bridgehead atoms. The molecule has 1 aromatic rings. The average Bonchev–Trinajstić information content (AvgIpc) is 2.37. The van der Waals surface area contributed by atoms with Crippen molar-refractivity contribution < 1.29 is 18.0 Å². The minimum atomic E-state index is -4.60. The second kappa shape index (κ2) is 6.36. The first kappa shape index (κ1) is 18.0. The molecule has 0 unspecified atom stereocenters. The first-order chi connectivity index (χ1) is 9.48. The van der Waals surface area contributed by atoms with Crippen LogP contribution in [0.1, 0.15) is 43.1 Å². The first-order valence-electron chi connectivity index (χ1n) is 6.42. The zero-order valence-corrected chi connectivity index (χ0v) is 13.7. The van der Waals surface area contributed by atoms with Crippen LogP contribution < -0.4 is 11.1 Å². The molecule has 0 spiro atoms. The molecule has 0 aliphatic heterocycles. The van der Waals surface area contributed by atoms with Crippen molar-refractivity contribution in [3.8, 4) is 0 Å². The number of anilines is 1. The number of halogens is 4. The van der Waals surface area contributed by atoms with E-state index in [1.165, 1.54) is 6.07 Å². The Morgan fingerprint density at radius 3 is 2.38 bits per heavy atom. The summed E-state index contributed by atoms with van der Waals surface area (Å²) in [5.74, 6) is -0.414. The quantitative estimate of drug-likeness (QED) is 0.611. The van der Waals surface area contributed by atoms with Gasteiger partial charge in [-0.15, -0.1) is 0 Å². The van der Waals surface area contributed by atoms with E-state index in [1.807, 2.05) is 20.8 Å². The predicted octanol–water partition coefficient (Wildman–Crippen LogP) is 4.01. The van der Waals surface area contributed by atoms with Crippen molar-refractivity contribution in [1.29, 1.82) is 0 Å². The molecule has 1 aromatic carbocycles. The summed E-state index contributed by atoms with van der Waals surface area (Å²) in [5, 5.41) is 3.02. The standard InChI is InChI=1S/C14H18BrF3N2O/c1-4-13(2,3)20-7-11(21)8-5-9(14(16,17)18)12(19)10(15)6-8/h5-6,20H,4,7,19H2,1-3H3. The van der Waals surface area contributed by atoms with Gasteiger partial charge in [0.15, 0.2) is 5.78 Å². The van der Waals surface area contributed by atoms with Gasteiger partial charge in [0.25, 0.3) is 0 Å². The molecule has 1 rings (SSSR count). The van der Waals surface area contributed by atoms with E-state index < -0.39 is 23.2 Å². The lowest BCUT2D eigenvalue weighted by atomic mass is 10.0. The molecule has 0 saturated carbocycles. The highest BCUT2D eigenvalue weighted by molar-refractivity contribution is 9.10. The Kier molecular flexibility index (Phi) is 5.44. The fraction of sp³-hybridized carbons (Fsp3) is 0.500. The van der Waals surface area contributed by atoms with Crippen LogP contribution in [-0.2, 0) is 6.18 Å². The molecule has 0 atom stereocenters. The highest BCUT2D eigenvalue weighted by Gasteiger charge is 2.34. The molecule has 118 valence electrons. The van der Waals surface area contributed by atoms with Gasteiger partial charge in [-0.25, -0.2) is 0 Å². The summed E-state index contributed by atoms with van der Waals surface area (Å²) in [5.41, 5.74) is 3.71. The molecule has 21 heavy (non-hydrogen) atoms. The molecule has 7 heteroatoms. The summed E-state index contributed by atoms with van der Waals surface area (Å²) in [6.07, 6.45) is -3.81. The summed E-state index contributed by atoms with van der Waals surface area (Å²) in [6.45, 7) is 5.76. The number of carbonyl (C=O) groups excluding carboxylic acids is 1. The zero-order valence-electron chi connectivity index (χ0n) is 12.1. The van der Waals surface area contributed by atoms with Gasteiger partial charge in [-0.3, -0.25) is 4.79 Å². The Labute approximate surface area is 130 Å². The maximum Gasteiger partial charge on any atom is 0.418 e. The SMILES string of the molecule is CCC(C)(C)NCC(=O)c1cc(Br)c(N)c(C(F)(F)F)c1. The summed E-state index contributed by atoms with van der Waals surface area (Å²) in [6, 6.07) is 2.11. The molecular formula is C14H18BrF3N2O. The normalized spacial score (nSPS) is 12.5. The Bertz CT molecular complexity index is 542. The van der Waals surface area contributed by atoms with Crippen LogP contribution in [0.3, 0.4) is 0 Å². The fourth-order valence-electron chi connectivity index (χ4n) is 1.56. The van der Waals surface area contributed by atoms with Gasteiger partial charge in [-0.05, 0) is 48.3 Å². The number of ketones is 1. The molecule has 0 radical (unpaired) electrons. The zero-order chi connectivity index (χ0) is 16.4. The molecule has 3 nitrogen and oxygen atoms in total. The highest BCUT2D eigenvalue weighted by atomic mass is 79.9. The number of nitrogens with two attached hydrogens (primary N) is 1. The van der Waals surface area contributed by atoms with Gasteiger partial charge in [-0.1, -0.05) is 6.92 Å². The van der Waals surface area contributed by atoms with Crippen molar-refractivity contribution >= 4 is 27.4 Å². The van der Waals surface area contributed by atoms with E-state index in [0.29, 0.717) is 0 Å². The van der Waals surface area contributed by atoms with Gasteiger partial charge < -0.3 is 11.1 Å². The third-order valence-corrected chi connectivity index (χ3v) is 4.02. The average molecular weight is 367 g/mol. The Morgan fingerprint density at radius 2 is 1.90 bits per heavy atom. The maximum absolute atomic E-state index is 12.9. The van der Waals surface area contributed by atoms with Crippen LogP contribution in [-0.4, -0.2) is 17.9 Å². The van der Waals surface area contributed by atoms with E-state index in [-0.39, 0.29) is 22.1 Å². The van der Waals surface area contributed by atoms with Crippen LogP contribution in [0.15, 0.2) is 16.6 Å². The van der Waals surface area contributed by atoms with Crippen LogP contribution in [0, 0.1) is 0 Å². The molecule has 0 saturated heterocycles. The Morgan fingerprint density at radius 1 is 1.33 bits per heavy atom. The van der Waals surface area contributed by atoms with Crippen molar-refractivity contribution in [2.45, 2.75) is 38.9 Å². The van der Waals surface area contributed by atoms with Crippen LogP contribution >= 0.6 is 15.9 Å². The largest absolute Gasteiger partial charge is 0.418 e. The molecule has 0 aliphatic carbocycles. The van der Waals surface area contributed by atoms with Gasteiger partial charge in [0, 0.05) is 15.6 Å². The number of Topliss-reactive ketones (excluding diaryl/α,β-unsaturated/α-hetero) is 1. The van der Waals surface area contributed by atoms with E-state index in [0.717, 1.165) is 12.5 Å². The lowest BCUT2D eigenvalue weighted by molar-refractivity contribution is -0.136. The number of benzene rings is 1. The Hall–Kier alpha value is -1.08. The summed E-state index contributed by atoms with van der Waals surface area (Å²) >= 11 is 2.96. The topological polar surface area (TPSA) is 55.1 Å². The van der Waals surface area contributed by atoms with E-state index in [9.17, 15) is 18.0 Å². The van der Waals surface area contributed by atoms with Gasteiger partial charge in [0.2, 0.25) is 0 Å². The van der Waals surface area contributed by atoms with Crippen LogP contribution in [0.2, 0.25) is 0 Å². The molecule has 0 heterocycles. The van der Waals surface area contributed by atoms with E-state index in [1.54, 1.807) is 0 Å². The molecule has 0 aromatic heterocycles. The van der Waals surface area contributed by atoms with Crippen molar-refractivity contribution in [3.63, 3.8) is 0 Å². The second-order valence-electron chi connectivity index (χ2n) is 5.43. The van der Waals surface area contributed by atoms with Crippen molar-refractivity contribution in [3.05, 3.63) is 27.7 Å². The van der Waals surface area contributed by atoms with Gasteiger partial charge in [0.05, 0.1) is 17.8 Å². The van der Waals surface area contributed by atoms with Crippen molar-refractivity contribution in [1.82, 2.24) is 5.32 Å². The maximum atomic E-state index is 12.9. The van der Waals surface area contributed by atoms with Crippen LogP contribution in [0.4, 0.5) is 18.9 Å². The van der Waals surface area contributed by atoms with Crippen LogP contribution in [0.5, 0.6) is 0 Å². The highest BCUT2D eigenvalue weighted by Crippen LogP contribution is 2.37. The Balaban J connectivity index is 3.04. The van der Waals surface area contributed by atoms with E-state index in [4.69, 9.17) is 5.73 Å². The lowest BCUT2D eigenvalue weighted by Gasteiger charge is -2.24. The number of rotatable bonds is 5. The van der Waals surface area contributed by atoms with E-state index in [2.05, 4.69) is 21.2 Å². The number of hydrogen-bond acceptors (Lipinski definition) is 3.